The van der Waals surface area contributed by atoms with Crippen LogP contribution in [0.4, 0.5) is 5.69 Å². The van der Waals surface area contributed by atoms with Crippen molar-refractivity contribution in [3.8, 4) is 5.75 Å². The summed E-state index contributed by atoms with van der Waals surface area (Å²) in [5, 5.41) is 5.04. The summed E-state index contributed by atoms with van der Waals surface area (Å²) in [6, 6.07) is 32.5. The molecule has 1 fully saturated rings. The summed E-state index contributed by atoms with van der Waals surface area (Å²) in [7, 11) is 1.61. The number of fused-ring (bicyclic) bond motifs is 1. The number of amides is 5. The first-order valence-corrected chi connectivity index (χ1v) is 17.7. The van der Waals surface area contributed by atoms with E-state index in [0.717, 1.165) is 27.8 Å². The van der Waals surface area contributed by atoms with E-state index >= 15 is 0 Å². The van der Waals surface area contributed by atoms with E-state index in [2.05, 4.69) is 34.9 Å². The smallest absolute Gasteiger partial charge is 0.255 e. The zero-order chi connectivity index (χ0) is 36.6. The van der Waals surface area contributed by atoms with Gasteiger partial charge in [0.15, 0.2) is 0 Å². The Morgan fingerprint density at radius 3 is 2.23 bits per heavy atom. The number of piperidine rings is 1. The topological polar surface area (TPSA) is 125 Å². The first-order chi connectivity index (χ1) is 25.2. The highest BCUT2D eigenvalue weighted by Crippen LogP contribution is 2.36. The van der Waals surface area contributed by atoms with Gasteiger partial charge in [-0.05, 0) is 64.9 Å². The maximum Gasteiger partial charge on any atom is 0.255 e. The summed E-state index contributed by atoms with van der Waals surface area (Å²) in [6.45, 7) is 0.582. The largest absolute Gasteiger partial charge is 0.492 e. The lowest BCUT2D eigenvalue weighted by Gasteiger charge is -2.29. The van der Waals surface area contributed by atoms with Crippen molar-refractivity contribution in [3.63, 3.8) is 0 Å². The van der Waals surface area contributed by atoms with Gasteiger partial charge >= 0.3 is 0 Å². The summed E-state index contributed by atoms with van der Waals surface area (Å²) in [5.74, 6) is -1.01. The first kappa shape index (κ1) is 36.1. The molecule has 0 radical (unpaired) electrons. The minimum atomic E-state index is -0.770. The lowest BCUT2D eigenvalue weighted by Crippen LogP contribution is -2.52. The molecule has 2 aliphatic rings. The Hall–Kier alpha value is -5.74. The summed E-state index contributed by atoms with van der Waals surface area (Å²) < 4.78 is 5.98. The highest BCUT2D eigenvalue weighted by molar-refractivity contribution is 6.18. The Morgan fingerprint density at radius 2 is 1.56 bits per heavy atom. The molecule has 52 heavy (non-hydrogen) atoms. The second-order valence-corrected chi connectivity index (χ2v) is 13.0. The van der Waals surface area contributed by atoms with Crippen LogP contribution in [0.5, 0.6) is 5.75 Å². The molecule has 0 aromatic heterocycles. The molecule has 0 aliphatic carbocycles. The number of hydrogen-bond donors (Lipinski definition) is 2. The third kappa shape index (κ3) is 8.24. The molecule has 2 N–H and O–H groups in total. The number of nitrogens with one attached hydrogen (secondary N) is 2. The van der Waals surface area contributed by atoms with Crippen molar-refractivity contribution in [2.75, 3.05) is 31.4 Å². The van der Waals surface area contributed by atoms with Crippen LogP contribution in [0.15, 0.2) is 103 Å². The van der Waals surface area contributed by atoms with Gasteiger partial charge in [0.1, 0.15) is 24.8 Å². The summed E-state index contributed by atoms with van der Waals surface area (Å²) in [4.78, 5) is 65.8. The van der Waals surface area contributed by atoms with Crippen LogP contribution < -0.4 is 15.4 Å². The van der Waals surface area contributed by atoms with Crippen LogP contribution in [-0.2, 0) is 25.7 Å². The number of allylic oxidation sites excluding steroid dienone is 1. The number of carbonyl (C=O) groups is 5. The number of halogens is 1. The number of benzene rings is 4. The summed E-state index contributed by atoms with van der Waals surface area (Å²) >= 11 is 6.29. The first-order valence-electron chi connectivity index (χ1n) is 17.2. The van der Waals surface area contributed by atoms with Crippen LogP contribution in [0.2, 0.25) is 0 Å². The minimum Gasteiger partial charge on any atom is -0.492 e. The highest BCUT2D eigenvalue weighted by Gasteiger charge is 2.40. The Morgan fingerprint density at radius 1 is 0.885 bits per heavy atom. The van der Waals surface area contributed by atoms with Gasteiger partial charge in [-0.1, -0.05) is 78.9 Å². The fourth-order valence-corrected chi connectivity index (χ4v) is 6.77. The zero-order valence-corrected chi connectivity index (χ0v) is 29.5. The predicted octanol–water partition coefficient (Wildman–Crippen LogP) is 5.90. The molecule has 11 heteroatoms. The molecule has 2 aliphatic heterocycles. The number of carbonyl (C=O) groups excluding carboxylic acids is 5. The average molecular weight is 719 g/mol. The summed E-state index contributed by atoms with van der Waals surface area (Å²) in [5.41, 5.74) is 6.81. The standard InChI is InChI=1S/C41H39ClN4O6/c1-45(38(49)25-37(48)43-34-14-8-13-32-33(34)26-46(41(32)51)35-19-20-36(47)44-40(35)50)23-24-52-30-17-15-29(16-18-30)39(28-11-6-3-7-12-28)31(21-22-42)27-9-4-2-5-10-27/h2-18,35H,19-26H2,1H3,(H,43,48)(H,44,47,50). The molecular formula is C41H39ClN4O6. The van der Waals surface area contributed by atoms with E-state index in [1.165, 1.54) is 9.80 Å². The third-order valence-electron chi connectivity index (χ3n) is 9.26. The Kier molecular flexibility index (Phi) is 11.5. The van der Waals surface area contributed by atoms with Gasteiger partial charge in [-0.15, -0.1) is 11.6 Å². The number of hydrogen-bond acceptors (Lipinski definition) is 6. The van der Waals surface area contributed by atoms with Gasteiger partial charge in [-0.25, -0.2) is 0 Å². The van der Waals surface area contributed by atoms with Crippen molar-refractivity contribution in [1.29, 1.82) is 0 Å². The van der Waals surface area contributed by atoms with E-state index in [1.54, 1.807) is 25.2 Å². The van der Waals surface area contributed by atoms with Crippen molar-refractivity contribution < 1.29 is 28.7 Å². The molecule has 1 unspecified atom stereocenters. The maximum atomic E-state index is 13.1. The molecule has 4 aromatic rings. The fraction of sp³-hybridized carbons (Fsp3) is 0.244. The number of alkyl halides is 1. The predicted molar refractivity (Wildman–Crippen MR) is 199 cm³/mol. The molecule has 1 atom stereocenters. The highest BCUT2D eigenvalue weighted by atomic mass is 35.5. The van der Waals surface area contributed by atoms with Crippen molar-refractivity contribution >= 4 is 58.0 Å². The monoisotopic (exact) mass is 718 g/mol. The molecular weight excluding hydrogens is 680 g/mol. The van der Waals surface area contributed by atoms with Gasteiger partial charge in [0.2, 0.25) is 23.6 Å². The maximum absolute atomic E-state index is 13.1. The Bertz CT molecular complexity index is 2000. The molecule has 10 nitrogen and oxygen atoms in total. The van der Waals surface area contributed by atoms with Crippen molar-refractivity contribution in [2.24, 2.45) is 0 Å². The molecule has 1 saturated heterocycles. The van der Waals surface area contributed by atoms with E-state index in [1.807, 2.05) is 60.7 Å². The van der Waals surface area contributed by atoms with Gasteiger partial charge in [-0.2, -0.15) is 0 Å². The molecule has 266 valence electrons. The normalized spacial score (nSPS) is 15.8. The molecule has 4 aromatic carbocycles. The van der Waals surface area contributed by atoms with Crippen LogP contribution >= 0.6 is 11.6 Å². The van der Waals surface area contributed by atoms with Gasteiger partial charge < -0.3 is 19.9 Å². The third-order valence-corrected chi connectivity index (χ3v) is 9.45. The number of nitrogens with zero attached hydrogens (tertiary/aromatic N) is 2. The van der Waals surface area contributed by atoms with Gasteiger partial charge in [0.25, 0.3) is 5.91 Å². The number of anilines is 1. The van der Waals surface area contributed by atoms with Crippen molar-refractivity contribution in [3.05, 3.63) is 131 Å². The van der Waals surface area contributed by atoms with E-state index in [4.69, 9.17) is 16.3 Å². The van der Waals surface area contributed by atoms with Crippen LogP contribution in [0.25, 0.3) is 11.1 Å². The molecule has 0 spiro atoms. The lowest BCUT2D eigenvalue weighted by atomic mass is 9.88. The average Bonchev–Trinajstić information content (AvgIpc) is 3.49. The fourth-order valence-electron chi connectivity index (χ4n) is 6.58. The number of likely N-dealkylation sites (N-methyl/N-ethyl adjacent to an activating group) is 1. The Labute approximate surface area is 307 Å². The number of imide groups is 1. The van der Waals surface area contributed by atoms with Gasteiger partial charge in [0, 0.05) is 42.7 Å². The van der Waals surface area contributed by atoms with Crippen LogP contribution in [0, 0.1) is 0 Å². The summed E-state index contributed by atoms with van der Waals surface area (Å²) in [6.07, 6.45) is 0.674. The van der Waals surface area contributed by atoms with E-state index < -0.39 is 30.2 Å². The number of rotatable bonds is 13. The van der Waals surface area contributed by atoms with E-state index in [9.17, 15) is 24.0 Å². The van der Waals surface area contributed by atoms with Crippen molar-refractivity contribution in [2.45, 2.75) is 38.3 Å². The Balaban J connectivity index is 1.04. The van der Waals surface area contributed by atoms with E-state index in [0.29, 0.717) is 34.9 Å². The van der Waals surface area contributed by atoms with Crippen LogP contribution in [0.1, 0.15) is 58.3 Å². The van der Waals surface area contributed by atoms with Crippen molar-refractivity contribution in [1.82, 2.24) is 15.1 Å². The van der Waals surface area contributed by atoms with Crippen LogP contribution in [-0.4, -0.2) is 71.5 Å². The van der Waals surface area contributed by atoms with E-state index in [-0.39, 0.29) is 44.4 Å². The molecule has 0 saturated carbocycles. The zero-order valence-electron chi connectivity index (χ0n) is 28.8. The minimum absolute atomic E-state index is 0.106. The molecule has 2 heterocycles. The quantitative estimate of drug-likeness (QED) is 0.0768. The molecule has 6 rings (SSSR count). The second kappa shape index (κ2) is 16.5. The molecule has 5 amide bonds. The molecule has 0 bridgehead atoms. The van der Waals surface area contributed by atoms with Gasteiger partial charge in [-0.3, -0.25) is 29.3 Å². The lowest BCUT2D eigenvalue weighted by molar-refractivity contribution is -0.137. The van der Waals surface area contributed by atoms with Gasteiger partial charge in [0.05, 0.1) is 6.54 Å². The number of ether oxygens (including phenoxy) is 1. The second-order valence-electron chi connectivity index (χ2n) is 12.7. The SMILES string of the molecule is CN(CCOc1ccc(C(=C(CCCl)c2ccccc2)c2ccccc2)cc1)C(=O)CC(=O)Nc1cccc2c1CN(C1CCC(=O)NC1=O)C2=O. The van der Waals surface area contributed by atoms with Crippen LogP contribution in [0.3, 0.4) is 0 Å².